The highest BCUT2D eigenvalue weighted by Gasteiger charge is 2.31. The van der Waals surface area contributed by atoms with Gasteiger partial charge in [-0.15, -0.1) is 18.3 Å². The van der Waals surface area contributed by atoms with E-state index < -0.39 is 6.36 Å². The molecular formula is C32H33F3N6O2S. The molecule has 1 N–H and O–H groups in total. The maximum Gasteiger partial charge on any atom is 0.573 e. The molecular weight excluding hydrogens is 589 g/mol. The summed E-state index contributed by atoms with van der Waals surface area (Å²) in [5.74, 6) is 1.03. The molecule has 0 radical (unpaired) electrons. The van der Waals surface area contributed by atoms with E-state index in [1.807, 2.05) is 38.1 Å². The summed E-state index contributed by atoms with van der Waals surface area (Å²) >= 11 is 1.58. The molecule has 1 aliphatic rings. The molecule has 0 spiro atoms. The molecule has 12 heteroatoms. The van der Waals surface area contributed by atoms with Gasteiger partial charge in [0.2, 0.25) is 0 Å². The van der Waals surface area contributed by atoms with Crippen LogP contribution in [0.1, 0.15) is 42.0 Å². The number of carbonyl (C=O) groups excluding carboxylic acids is 1. The average Bonchev–Trinajstić information content (AvgIpc) is 3.62. The molecule has 3 aromatic carbocycles. The molecule has 1 fully saturated rings. The van der Waals surface area contributed by atoms with Crippen molar-refractivity contribution in [3.8, 4) is 22.8 Å². The van der Waals surface area contributed by atoms with E-state index in [0.717, 1.165) is 29.1 Å². The summed E-state index contributed by atoms with van der Waals surface area (Å²) in [4.78, 5) is 23.9. The number of aromatic nitrogens is 3. The molecule has 2 atom stereocenters. The summed E-state index contributed by atoms with van der Waals surface area (Å²) in [5.41, 5.74) is 7.00. The van der Waals surface area contributed by atoms with Crippen LogP contribution in [0.3, 0.4) is 0 Å². The number of ether oxygens (including phenoxy) is 1. The van der Waals surface area contributed by atoms with Gasteiger partial charge in [0, 0.05) is 35.5 Å². The molecule has 1 aliphatic heterocycles. The lowest BCUT2D eigenvalue weighted by atomic mass is 9.93. The van der Waals surface area contributed by atoms with Crippen LogP contribution in [0.2, 0.25) is 0 Å². The van der Waals surface area contributed by atoms with Crippen molar-refractivity contribution >= 4 is 28.6 Å². The van der Waals surface area contributed by atoms with E-state index in [-0.39, 0.29) is 23.7 Å². The van der Waals surface area contributed by atoms with Gasteiger partial charge in [0.05, 0.1) is 5.69 Å². The van der Waals surface area contributed by atoms with E-state index in [9.17, 15) is 18.0 Å². The second-order valence-electron chi connectivity index (χ2n) is 10.8. The highest BCUT2D eigenvalue weighted by molar-refractivity contribution is 8.14. The number of rotatable bonds is 7. The number of aryl methyl sites for hydroxylation is 3. The molecule has 0 bridgehead atoms. The standard InChI is InChI=1S/C32H33F3N6O2S/c1-19-16-20(2)28(21(3)17-19)40-14-15-44-31(40)38-30(42)37-23(5)22(4)24-6-8-25(9-7-24)29-36-18-41(39-29)26-10-12-27(13-11-26)43-32(33,34)35/h6-13,16-18,22-23H,14-15H2,1-5H3,(H,37,42)/b38-31-. The fraction of sp³-hybridized carbons (Fsp3) is 0.312. The fourth-order valence-corrected chi connectivity index (χ4v) is 6.23. The molecule has 44 heavy (non-hydrogen) atoms. The van der Waals surface area contributed by atoms with Gasteiger partial charge >= 0.3 is 12.4 Å². The highest BCUT2D eigenvalue weighted by atomic mass is 32.2. The maximum absolute atomic E-state index is 13.0. The number of urea groups is 1. The van der Waals surface area contributed by atoms with Crippen molar-refractivity contribution in [3.63, 3.8) is 0 Å². The summed E-state index contributed by atoms with van der Waals surface area (Å²) < 4.78 is 42.7. The first-order valence-electron chi connectivity index (χ1n) is 14.1. The number of anilines is 1. The van der Waals surface area contributed by atoms with Crippen LogP contribution in [0, 0.1) is 20.8 Å². The number of thioether (sulfide) groups is 1. The Labute approximate surface area is 258 Å². The van der Waals surface area contributed by atoms with Gasteiger partial charge in [-0.1, -0.05) is 60.6 Å². The number of halogens is 3. The molecule has 0 aliphatic carbocycles. The Balaban J connectivity index is 1.21. The van der Waals surface area contributed by atoms with Gasteiger partial charge in [0.15, 0.2) is 11.0 Å². The summed E-state index contributed by atoms with van der Waals surface area (Å²) in [6.45, 7) is 11.1. The predicted molar refractivity (Wildman–Crippen MR) is 168 cm³/mol. The van der Waals surface area contributed by atoms with Gasteiger partial charge in [0.1, 0.15) is 12.1 Å². The maximum atomic E-state index is 13.0. The number of benzene rings is 3. The van der Waals surface area contributed by atoms with E-state index in [1.54, 1.807) is 11.8 Å². The van der Waals surface area contributed by atoms with Gasteiger partial charge in [-0.05, 0) is 68.7 Å². The Kier molecular flexibility index (Phi) is 9.00. The van der Waals surface area contributed by atoms with E-state index in [0.29, 0.717) is 16.7 Å². The topological polar surface area (TPSA) is 84.6 Å². The Morgan fingerprint density at radius 3 is 2.32 bits per heavy atom. The van der Waals surface area contributed by atoms with Crippen molar-refractivity contribution in [2.24, 2.45) is 4.99 Å². The zero-order chi connectivity index (χ0) is 31.6. The molecule has 8 nitrogen and oxygen atoms in total. The molecule has 0 saturated carbocycles. The zero-order valence-corrected chi connectivity index (χ0v) is 25.8. The Hall–Kier alpha value is -4.32. The van der Waals surface area contributed by atoms with E-state index in [4.69, 9.17) is 0 Å². The van der Waals surface area contributed by atoms with Crippen LogP contribution in [-0.4, -0.2) is 50.7 Å². The number of carbonyl (C=O) groups is 1. The number of aliphatic imine (C=N–C) groups is 1. The van der Waals surface area contributed by atoms with Crippen molar-refractivity contribution in [2.75, 3.05) is 17.2 Å². The van der Waals surface area contributed by atoms with Crippen LogP contribution in [-0.2, 0) is 0 Å². The van der Waals surface area contributed by atoms with Crippen molar-refractivity contribution in [2.45, 2.75) is 52.9 Å². The first-order chi connectivity index (χ1) is 20.9. The lowest BCUT2D eigenvalue weighted by molar-refractivity contribution is -0.274. The molecule has 1 aromatic heterocycles. The van der Waals surface area contributed by atoms with Crippen molar-refractivity contribution in [3.05, 3.63) is 89.2 Å². The van der Waals surface area contributed by atoms with Crippen LogP contribution in [0.5, 0.6) is 5.75 Å². The summed E-state index contributed by atoms with van der Waals surface area (Å²) in [5, 5.41) is 8.20. The lowest BCUT2D eigenvalue weighted by Crippen LogP contribution is -2.36. The van der Waals surface area contributed by atoms with Crippen LogP contribution in [0.25, 0.3) is 17.1 Å². The number of alkyl halides is 3. The molecule has 4 aromatic rings. The molecule has 1 saturated heterocycles. The van der Waals surface area contributed by atoms with Gasteiger partial charge < -0.3 is 15.0 Å². The Morgan fingerprint density at radius 2 is 1.68 bits per heavy atom. The number of amides is 2. The minimum Gasteiger partial charge on any atom is -0.406 e. The smallest absolute Gasteiger partial charge is 0.406 e. The third-order valence-electron chi connectivity index (χ3n) is 7.50. The van der Waals surface area contributed by atoms with Crippen LogP contribution in [0.4, 0.5) is 23.7 Å². The Morgan fingerprint density at radius 1 is 1.02 bits per heavy atom. The highest BCUT2D eigenvalue weighted by Crippen LogP contribution is 2.32. The van der Waals surface area contributed by atoms with Gasteiger partial charge in [-0.2, -0.15) is 4.99 Å². The van der Waals surface area contributed by atoms with E-state index >= 15 is 0 Å². The first-order valence-corrected chi connectivity index (χ1v) is 15.1. The minimum atomic E-state index is -4.75. The molecule has 5 rings (SSSR count). The van der Waals surface area contributed by atoms with Gasteiger partial charge in [0.25, 0.3) is 0 Å². The van der Waals surface area contributed by atoms with Crippen LogP contribution in [0.15, 0.2) is 72.0 Å². The third-order valence-corrected chi connectivity index (χ3v) is 8.46. The second kappa shape index (κ2) is 12.7. The van der Waals surface area contributed by atoms with Crippen molar-refractivity contribution in [1.82, 2.24) is 20.1 Å². The van der Waals surface area contributed by atoms with Gasteiger partial charge in [-0.3, -0.25) is 0 Å². The largest absolute Gasteiger partial charge is 0.573 e. The first kappa shape index (κ1) is 31.1. The number of hydrogen-bond donors (Lipinski definition) is 1. The zero-order valence-electron chi connectivity index (χ0n) is 25.0. The molecule has 2 amide bonds. The van der Waals surface area contributed by atoms with Crippen LogP contribution >= 0.6 is 11.8 Å². The number of amidine groups is 1. The number of nitrogens with zero attached hydrogens (tertiary/aromatic N) is 5. The van der Waals surface area contributed by atoms with Crippen LogP contribution < -0.4 is 15.0 Å². The normalized spacial score (nSPS) is 15.8. The van der Waals surface area contributed by atoms with Gasteiger partial charge in [-0.25, -0.2) is 14.5 Å². The SMILES string of the molecule is Cc1cc(C)c(N2CCS/C2=N\C(=O)NC(C)C(C)c2ccc(-c3ncn(-c4ccc(OC(F)(F)F)cc4)n3)cc2)c(C)c1. The lowest BCUT2D eigenvalue weighted by Gasteiger charge is -2.24. The van der Waals surface area contributed by atoms with Crippen molar-refractivity contribution in [1.29, 1.82) is 0 Å². The van der Waals surface area contributed by atoms with E-state index in [2.05, 4.69) is 62.9 Å². The molecule has 2 heterocycles. The summed E-state index contributed by atoms with van der Waals surface area (Å²) in [7, 11) is 0. The summed E-state index contributed by atoms with van der Waals surface area (Å²) in [6.07, 6.45) is -3.25. The quantitative estimate of drug-likeness (QED) is 0.229. The fourth-order valence-electron chi connectivity index (χ4n) is 5.28. The second-order valence-corrected chi connectivity index (χ2v) is 11.9. The predicted octanol–water partition coefficient (Wildman–Crippen LogP) is 7.57. The summed E-state index contributed by atoms with van der Waals surface area (Å²) in [6, 6.07) is 16.9. The monoisotopic (exact) mass is 622 g/mol. The third kappa shape index (κ3) is 7.24. The Bertz CT molecular complexity index is 1650. The number of nitrogens with one attached hydrogen (secondary N) is 1. The molecule has 230 valence electrons. The number of hydrogen-bond acceptors (Lipinski definition) is 5. The minimum absolute atomic E-state index is 0.00469. The molecule has 2 unspecified atom stereocenters. The van der Waals surface area contributed by atoms with E-state index in [1.165, 1.54) is 52.0 Å². The van der Waals surface area contributed by atoms with Crippen molar-refractivity contribution < 1.29 is 22.7 Å². The average molecular weight is 623 g/mol.